The molecule has 0 radical (unpaired) electrons. The lowest BCUT2D eigenvalue weighted by atomic mass is 9.71. The average molecular weight is 1200 g/mol. The molecule has 30 heteroatoms. The molecule has 1 atom stereocenters. The van der Waals surface area contributed by atoms with E-state index in [0.29, 0.717) is 23.5 Å². The quantitative estimate of drug-likeness (QED) is 0.0282. The molecule has 4 aromatic carbocycles. The van der Waals surface area contributed by atoms with E-state index < -0.39 is 133 Å². The number of hydrogen-bond donors (Lipinski definition) is 7. The van der Waals surface area contributed by atoms with Gasteiger partial charge in [-0.15, -0.1) is 0 Å². The van der Waals surface area contributed by atoms with Crippen LogP contribution in [0.4, 0.5) is 11.4 Å². The zero-order valence-corrected chi connectivity index (χ0v) is 46.9. The molecular weight excluding hydrogens is 1150 g/mol. The number of carbonyl (C=O) groups is 2. The monoisotopic (exact) mass is 1200 g/mol. The van der Waals surface area contributed by atoms with Crippen LogP contribution in [0.1, 0.15) is 71.4 Å². The Labute approximate surface area is 449 Å². The van der Waals surface area contributed by atoms with Crippen molar-refractivity contribution >= 4 is 111 Å². The second-order valence-corrected chi connectivity index (χ2v) is 28.6. The molecule has 7 N–H and O–H groups in total. The Morgan fingerprint density at radius 1 is 0.641 bits per heavy atom. The number of nitrogens with zero attached hydrogens (tertiary/aromatic N) is 2. The minimum Gasteiger partial charge on any atom is -0.480 e. The summed E-state index contributed by atoms with van der Waals surface area (Å²) in [5.41, 5.74) is -3.01. The lowest BCUT2D eigenvalue weighted by molar-refractivity contribution is -0.437. The van der Waals surface area contributed by atoms with E-state index in [9.17, 15) is 92.5 Å². The standard InChI is InChI=1S/C48H52N2O22S6/c1-6-72-45(53)48(44(51)52)26-28(9-15-40-46(2,3)42-34-22-30(75(60,61)62)24-38(77(66,67)68)32(34)11-13-36(42)49(40)17-7-19-73(54,55)56)21-29(27-48)10-16-41-47(4,5)43-35-23-31(76(63,64)65)25-39(78(69,70)71)33(35)12-14-37(43)50(41)18-8-20-74(57,58)59/h9-16,21-25H,6-8,17-20,26-27H2,1-5H3,(H6-,51,52,54,55,56,57,58,59,60,61,62,63,64,65,66,67,68,69,70,71)/p+1. The normalized spacial score (nSPS) is 20.0. The molecule has 1 unspecified atom stereocenters. The zero-order valence-electron chi connectivity index (χ0n) is 42.0. The topological polar surface area (TPSA) is 396 Å². The number of allylic oxidation sites excluding steroid dienone is 8. The molecule has 0 amide bonds. The first-order valence-electron chi connectivity index (χ1n) is 23.3. The van der Waals surface area contributed by atoms with Crippen molar-refractivity contribution in [2.75, 3.05) is 36.1 Å². The fourth-order valence-electron chi connectivity index (χ4n) is 10.6. The van der Waals surface area contributed by atoms with Gasteiger partial charge in [-0.05, 0) is 110 Å². The Balaban J connectivity index is 1.45. The van der Waals surface area contributed by atoms with Gasteiger partial charge in [0.1, 0.15) is 16.3 Å². The maximum Gasteiger partial charge on any atom is 0.324 e. The van der Waals surface area contributed by atoms with Crippen LogP contribution in [0.2, 0.25) is 0 Å². The maximum atomic E-state index is 13.9. The molecule has 0 bridgehead atoms. The molecule has 0 saturated heterocycles. The molecule has 1 aliphatic carbocycles. The summed E-state index contributed by atoms with van der Waals surface area (Å²) in [6.45, 7) is 7.43. The number of rotatable bonds is 18. The van der Waals surface area contributed by atoms with E-state index in [1.165, 1.54) is 55.5 Å². The molecule has 0 saturated carbocycles. The molecule has 2 heterocycles. The van der Waals surface area contributed by atoms with Gasteiger partial charge >= 0.3 is 11.9 Å². The first-order chi connectivity index (χ1) is 35.6. The predicted molar refractivity (Wildman–Crippen MR) is 282 cm³/mol. The minimum atomic E-state index is -5.15. The van der Waals surface area contributed by atoms with Gasteiger partial charge in [0.15, 0.2) is 11.1 Å². The number of carboxylic acid groups (broad SMARTS) is 1. The summed E-state index contributed by atoms with van der Waals surface area (Å²) in [6.07, 6.45) is 6.03. The van der Waals surface area contributed by atoms with Crippen LogP contribution in [0.5, 0.6) is 0 Å². The van der Waals surface area contributed by atoms with Gasteiger partial charge in [0.2, 0.25) is 5.69 Å². The smallest absolute Gasteiger partial charge is 0.324 e. The molecule has 0 fully saturated rings. The van der Waals surface area contributed by atoms with Crippen LogP contribution in [-0.2, 0) is 85.9 Å². The summed E-state index contributed by atoms with van der Waals surface area (Å²) in [7, 11) is -29.6. The number of fused-ring (bicyclic) bond motifs is 6. The van der Waals surface area contributed by atoms with Gasteiger partial charge in [-0.3, -0.25) is 36.9 Å². The summed E-state index contributed by atoms with van der Waals surface area (Å²) >= 11 is 0. The summed E-state index contributed by atoms with van der Waals surface area (Å²) in [4.78, 5) is 25.4. The first-order valence-corrected chi connectivity index (χ1v) is 32.3. The number of esters is 1. The van der Waals surface area contributed by atoms with E-state index >= 15 is 0 Å². The van der Waals surface area contributed by atoms with Crippen LogP contribution in [0.15, 0.2) is 115 Å². The highest BCUT2D eigenvalue weighted by Crippen LogP contribution is 2.53. The van der Waals surface area contributed by atoms with Gasteiger partial charge in [0.25, 0.3) is 60.7 Å². The highest BCUT2D eigenvalue weighted by molar-refractivity contribution is 7.87. The Bertz CT molecular complexity index is 4160. The summed E-state index contributed by atoms with van der Waals surface area (Å²) in [6, 6.07) is 8.51. The SMILES string of the molecule is CCOC(=O)C1(C(=O)O)CC(/C=C/C2=[N+](CCCS(=O)(=O)O)c3ccc4c(S(=O)(=O)O)cc(S(=O)(=O)O)cc4c3C2(C)C)=CC(=C/C=C2/N(CCCS(=O)(=O)O)c3ccc4c(S(=O)(=O)O)cc(S(=O)(=O)O)cc4c3C2(C)C)/C1. The third-order valence-electron chi connectivity index (χ3n) is 13.9. The number of hydrogen-bond acceptors (Lipinski definition) is 16. The maximum absolute atomic E-state index is 13.9. The van der Waals surface area contributed by atoms with E-state index in [1.807, 2.05) is 0 Å². The summed E-state index contributed by atoms with van der Waals surface area (Å²) in [5.74, 6) is -4.19. The number of carboxylic acids is 1. The van der Waals surface area contributed by atoms with Crippen LogP contribution in [0.3, 0.4) is 0 Å². The van der Waals surface area contributed by atoms with Crippen LogP contribution in [-0.4, -0.2) is 136 Å². The fraction of sp³-hybridized carbons (Fsp3) is 0.354. The fourth-order valence-corrected chi connectivity index (χ4v) is 14.3. The second kappa shape index (κ2) is 20.4. The Hall–Kier alpha value is -5.77. The molecule has 422 valence electrons. The van der Waals surface area contributed by atoms with E-state index in [4.69, 9.17) is 4.74 Å². The zero-order chi connectivity index (χ0) is 58.3. The van der Waals surface area contributed by atoms with E-state index in [2.05, 4.69) is 0 Å². The van der Waals surface area contributed by atoms with Crippen molar-refractivity contribution in [1.82, 2.24) is 0 Å². The highest BCUT2D eigenvalue weighted by atomic mass is 32.2. The van der Waals surface area contributed by atoms with Crippen LogP contribution in [0.25, 0.3) is 21.5 Å². The van der Waals surface area contributed by atoms with Crippen molar-refractivity contribution in [3.8, 4) is 0 Å². The molecule has 0 spiro atoms. The number of ether oxygens (including phenoxy) is 1. The summed E-state index contributed by atoms with van der Waals surface area (Å²) in [5, 5.41) is 10.5. The molecule has 78 heavy (non-hydrogen) atoms. The van der Waals surface area contributed by atoms with E-state index in [-0.39, 0.29) is 87.7 Å². The first kappa shape index (κ1) is 59.9. The number of benzene rings is 4. The molecule has 24 nitrogen and oxygen atoms in total. The van der Waals surface area contributed by atoms with Crippen molar-refractivity contribution in [3.05, 3.63) is 107 Å². The molecule has 0 aromatic heterocycles. The second-order valence-electron chi connectivity index (χ2n) is 19.9. The third-order valence-corrected chi connectivity index (χ3v) is 18.9. The van der Waals surface area contributed by atoms with Crippen LogP contribution in [0, 0.1) is 5.41 Å². The van der Waals surface area contributed by atoms with Gasteiger partial charge in [0, 0.05) is 58.2 Å². The minimum absolute atomic E-state index is 0.0690. The highest BCUT2D eigenvalue weighted by Gasteiger charge is 2.51. The molecule has 3 aliphatic rings. The third kappa shape index (κ3) is 11.8. The number of anilines is 1. The van der Waals surface area contributed by atoms with Crippen molar-refractivity contribution < 1.29 is 102 Å². The van der Waals surface area contributed by atoms with Crippen molar-refractivity contribution in [2.45, 2.75) is 90.7 Å². The van der Waals surface area contributed by atoms with Crippen LogP contribution >= 0.6 is 0 Å². The predicted octanol–water partition coefficient (Wildman–Crippen LogP) is 5.43. The molecule has 2 aliphatic heterocycles. The number of carbonyl (C=O) groups excluding carboxylic acids is 1. The van der Waals surface area contributed by atoms with Gasteiger partial charge in [0.05, 0.1) is 33.3 Å². The van der Waals surface area contributed by atoms with Crippen molar-refractivity contribution in [3.63, 3.8) is 0 Å². The molecular formula is C48H53N2O22S6+. The average Bonchev–Trinajstić information content (AvgIpc) is 3.65. The van der Waals surface area contributed by atoms with Crippen molar-refractivity contribution in [1.29, 1.82) is 0 Å². The Morgan fingerprint density at radius 2 is 1.17 bits per heavy atom. The van der Waals surface area contributed by atoms with E-state index in [1.54, 1.807) is 43.2 Å². The Morgan fingerprint density at radius 3 is 1.67 bits per heavy atom. The van der Waals surface area contributed by atoms with Gasteiger partial charge in [-0.1, -0.05) is 38.1 Å². The Kier molecular flexibility index (Phi) is 15.7. The van der Waals surface area contributed by atoms with Crippen molar-refractivity contribution in [2.24, 2.45) is 5.41 Å². The molecule has 7 rings (SSSR count). The van der Waals surface area contributed by atoms with E-state index in [0.717, 1.165) is 12.1 Å². The van der Waals surface area contributed by atoms with Gasteiger partial charge in [-0.2, -0.15) is 55.1 Å². The lowest BCUT2D eigenvalue weighted by Crippen LogP contribution is -2.42. The largest absolute Gasteiger partial charge is 0.480 e. The molecule has 4 aromatic rings. The lowest BCUT2D eigenvalue weighted by Gasteiger charge is -2.32. The number of aliphatic carboxylic acids is 1. The summed E-state index contributed by atoms with van der Waals surface area (Å²) < 4.78 is 215. The van der Waals surface area contributed by atoms with Crippen LogP contribution < -0.4 is 4.90 Å². The van der Waals surface area contributed by atoms with Gasteiger partial charge in [-0.25, -0.2) is 0 Å². The van der Waals surface area contributed by atoms with Gasteiger partial charge < -0.3 is 14.7 Å².